The molecule has 0 saturated heterocycles. The summed E-state index contributed by atoms with van der Waals surface area (Å²) in [6.45, 7) is 8.52. The number of hydrogen-bond acceptors (Lipinski definition) is 4. The van der Waals surface area contributed by atoms with Gasteiger partial charge in [0.1, 0.15) is 5.01 Å². The van der Waals surface area contributed by atoms with E-state index in [0.29, 0.717) is 23.1 Å². The van der Waals surface area contributed by atoms with Gasteiger partial charge in [-0.3, -0.25) is 14.5 Å². The lowest BCUT2D eigenvalue weighted by atomic mass is 9.89. The van der Waals surface area contributed by atoms with Gasteiger partial charge in [0.05, 0.1) is 10.2 Å². The molecule has 2 aromatic heterocycles. The number of fused-ring (bicyclic) bond motifs is 2. The molecule has 0 fully saturated rings. The minimum Gasteiger partial charge on any atom is -0.343 e. The van der Waals surface area contributed by atoms with E-state index >= 15 is 0 Å². The summed E-state index contributed by atoms with van der Waals surface area (Å²) < 4.78 is 3.34. The largest absolute Gasteiger partial charge is 0.343 e. The van der Waals surface area contributed by atoms with Gasteiger partial charge in [0, 0.05) is 52.3 Å². The van der Waals surface area contributed by atoms with Crippen LogP contribution in [0, 0.1) is 0 Å². The monoisotopic (exact) mass is 525 g/mol. The Morgan fingerprint density at radius 2 is 1.54 bits per heavy atom. The summed E-state index contributed by atoms with van der Waals surface area (Å²) in [7, 11) is 0. The van der Waals surface area contributed by atoms with Crippen molar-refractivity contribution in [3.05, 3.63) is 115 Å². The third-order valence-corrected chi connectivity index (χ3v) is 8.42. The number of aromatic nitrogens is 2. The zero-order chi connectivity index (χ0) is 26.7. The number of carbonyl (C=O) groups is 2. The van der Waals surface area contributed by atoms with Gasteiger partial charge in [-0.2, -0.15) is 0 Å². The molecule has 0 spiro atoms. The minimum absolute atomic E-state index is 0.183. The molecule has 3 heterocycles. The Morgan fingerprint density at radius 1 is 0.769 bits per heavy atom. The van der Waals surface area contributed by atoms with E-state index in [1.165, 1.54) is 4.90 Å². The normalized spacial score (nSPS) is 13.1. The van der Waals surface area contributed by atoms with Crippen molar-refractivity contribution in [1.29, 1.82) is 0 Å². The highest BCUT2D eigenvalue weighted by Gasteiger charge is 2.32. The number of carbonyl (C=O) groups excluding carboxylic acids is 2. The molecule has 1 aliphatic heterocycles. The third-order valence-electron chi connectivity index (χ3n) is 7.35. The molecule has 0 N–H and O–H groups in total. The van der Waals surface area contributed by atoms with Crippen LogP contribution in [0.2, 0.25) is 0 Å². The van der Waals surface area contributed by atoms with Gasteiger partial charge in [-0.05, 0) is 52.9 Å². The molecule has 6 heteroatoms. The zero-order valence-electron chi connectivity index (χ0n) is 21.1. The Morgan fingerprint density at radius 3 is 2.33 bits per heavy atom. The number of imide groups is 1. The Balaban J connectivity index is 1.44. The highest BCUT2D eigenvalue weighted by molar-refractivity contribution is 7.21. The first-order valence-corrected chi connectivity index (χ1v) is 13.5. The van der Waals surface area contributed by atoms with E-state index in [1.54, 1.807) is 23.5 Å². The second-order valence-electron chi connectivity index (χ2n) is 9.60. The van der Waals surface area contributed by atoms with Crippen molar-refractivity contribution >= 4 is 55.0 Å². The van der Waals surface area contributed by atoms with E-state index in [1.807, 2.05) is 48.5 Å². The fraction of sp³-hybridized carbons (Fsp3) is 0.0606. The van der Waals surface area contributed by atoms with Crippen molar-refractivity contribution in [2.24, 2.45) is 0 Å². The average Bonchev–Trinajstić information content (AvgIpc) is 3.55. The molecule has 0 atom stereocenters. The van der Waals surface area contributed by atoms with E-state index in [0.717, 1.165) is 48.2 Å². The zero-order valence-corrected chi connectivity index (χ0v) is 21.9. The van der Waals surface area contributed by atoms with Crippen LogP contribution in [-0.2, 0) is 6.54 Å². The molecule has 5 nitrogen and oxygen atoms in total. The van der Waals surface area contributed by atoms with Gasteiger partial charge >= 0.3 is 0 Å². The van der Waals surface area contributed by atoms with Gasteiger partial charge in [-0.25, -0.2) is 4.98 Å². The van der Waals surface area contributed by atoms with Crippen LogP contribution in [-0.4, -0.2) is 32.8 Å². The van der Waals surface area contributed by atoms with Crippen molar-refractivity contribution in [1.82, 2.24) is 14.5 Å². The number of hydrogen-bond donors (Lipinski definition) is 0. The first-order chi connectivity index (χ1) is 19.1. The first-order valence-electron chi connectivity index (χ1n) is 12.7. The highest BCUT2D eigenvalue weighted by Crippen LogP contribution is 2.40. The molecule has 0 saturated carbocycles. The number of thiazole rings is 1. The molecular weight excluding hydrogens is 502 g/mol. The van der Waals surface area contributed by atoms with E-state index in [9.17, 15) is 9.59 Å². The summed E-state index contributed by atoms with van der Waals surface area (Å²) in [6.07, 6.45) is 5.62. The van der Waals surface area contributed by atoms with Crippen LogP contribution in [0.3, 0.4) is 0 Å². The Hall–Kier alpha value is -4.81. The SMILES string of the molecule is C=CCN1C(=O)c2cccc3c(-c4ccc5c(c4)c(-c4nc6ccccc6s4)cn5CC=C)ccc(c23)C1=O. The van der Waals surface area contributed by atoms with Crippen LogP contribution >= 0.6 is 11.3 Å². The molecule has 0 bridgehead atoms. The summed E-state index contributed by atoms with van der Waals surface area (Å²) in [5.41, 5.74) is 6.23. The molecule has 1 aliphatic rings. The van der Waals surface area contributed by atoms with Gasteiger partial charge in [-0.1, -0.05) is 48.6 Å². The summed E-state index contributed by atoms with van der Waals surface area (Å²) >= 11 is 1.68. The minimum atomic E-state index is -0.287. The quantitative estimate of drug-likeness (QED) is 0.165. The average molecular weight is 526 g/mol. The van der Waals surface area contributed by atoms with Gasteiger partial charge in [0.25, 0.3) is 11.8 Å². The van der Waals surface area contributed by atoms with Crippen molar-refractivity contribution < 1.29 is 9.59 Å². The van der Waals surface area contributed by atoms with Crippen molar-refractivity contribution in [3.8, 4) is 21.7 Å². The molecule has 6 aromatic rings. The van der Waals surface area contributed by atoms with Crippen LogP contribution in [0.25, 0.3) is 53.6 Å². The number of amides is 2. The summed E-state index contributed by atoms with van der Waals surface area (Å²) in [6, 6.07) is 24.1. The van der Waals surface area contributed by atoms with Crippen LogP contribution in [0.1, 0.15) is 20.7 Å². The number of allylic oxidation sites excluding steroid dienone is 1. The molecule has 0 radical (unpaired) electrons. The lowest BCUT2D eigenvalue weighted by Gasteiger charge is -2.27. The first kappa shape index (κ1) is 23.3. The summed E-state index contributed by atoms with van der Waals surface area (Å²) in [5.74, 6) is -0.574. The van der Waals surface area contributed by atoms with Gasteiger partial charge < -0.3 is 4.57 Å². The molecular formula is C33H23N3O2S. The maximum atomic E-state index is 13.2. The number of para-hydroxylation sites is 1. The Labute approximate surface area is 228 Å². The smallest absolute Gasteiger partial charge is 0.261 e. The maximum absolute atomic E-state index is 13.2. The fourth-order valence-corrected chi connectivity index (χ4v) is 6.60. The number of rotatable bonds is 6. The standard InChI is InChI=1S/C33H23N3O2S/c1-3-16-35-19-26(31-34-27-10-5-6-11-29(27)39-31)25-18-20(12-15-28(25)35)21-13-14-24-30-22(21)8-7-9-23(30)32(37)36(17-4-2)33(24)38/h3-15,18-19H,1-2,16-17H2. The summed E-state index contributed by atoms with van der Waals surface area (Å²) in [4.78, 5) is 32.6. The summed E-state index contributed by atoms with van der Waals surface area (Å²) in [5, 5.41) is 3.66. The highest BCUT2D eigenvalue weighted by atomic mass is 32.1. The van der Waals surface area contributed by atoms with Crippen molar-refractivity contribution in [2.75, 3.05) is 6.54 Å². The van der Waals surface area contributed by atoms with Gasteiger partial charge in [0.15, 0.2) is 0 Å². The molecule has 0 unspecified atom stereocenters. The maximum Gasteiger partial charge on any atom is 0.261 e. The van der Waals surface area contributed by atoms with E-state index < -0.39 is 0 Å². The lowest BCUT2D eigenvalue weighted by molar-refractivity contribution is 0.0629. The predicted molar refractivity (Wildman–Crippen MR) is 159 cm³/mol. The van der Waals surface area contributed by atoms with E-state index in [2.05, 4.69) is 48.2 Å². The van der Waals surface area contributed by atoms with Crippen LogP contribution < -0.4 is 0 Å². The molecule has 39 heavy (non-hydrogen) atoms. The lowest BCUT2D eigenvalue weighted by Crippen LogP contribution is -2.40. The molecule has 188 valence electrons. The van der Waals surface area contributed by atoms with Gasteiger partial charge in [-0.15, -0.1) is 24.5 Å². The van der Waals surface area contributed by atoms with Gasteiger partial charge in [0.2, 0.25) is 0 Å². The Kier molecular flexibility index (Phi) is 5.32. The van der Waals surface area contributed by atoms with Crippen molar-refractivity contribution in [2.45, 2.75) is 6.54 Å². The second kappa shape index (κ2) is 8.89. The van der Waals surface area contributed by atoms with Crippen LogP contribution in [0.15, 0.2) is 104 Å². The van der Waals surface area contributed by atoms with Crippen molar-refractivity contribution in [3.63, 3.8) is 0 Å². The third kappa shape index (κ3) is 3.49. The molecule has 4 aromatic carbocycles. The Bertz CT molecular complexity index is 1960. The topological polar surface area (TPSA) is 55.2 Å². The molecule has 7 rings (SSSR count). The van der Waals surface area contributed by atoms with Crippen LogP contribution in [0.5, 0.6) is 0 Å². The second-order valence-corrected chi connectivity index (χ2v) is 10.6. The van der Waals surface area contributed by atoms with Crippen LogP contribution in [0.4, 0.5) is 0 Å². The molecule has 0 aliphatic carbocycles. The van der Waals surface area contributed by atoms with E-state index in [-0.39, 0.29) is 18.4 Å². The fourth-order valence-electron chi connectivity index (χ4n) is 5.61. The number of nitrogens with zero attached hydrogens (tertiary/aromatic N) is 3. The van der Waals surface area contributed by atoms with E-state index in [4.69, 9.17) is 4.98 Å². The predicted octanol–water partition coefficient (Wildman–Crippen LogP) is 7.71. The molecule has 2 amide bonds. The number of benzene rings is 4.